The molecule has 0 heterocycles. The molecule has 0 bridgehead atoms. The molecule has 0 radical (unpaired) electrons. The highest BCUT2D eigenvalue weighted by Crippen LogP contribution is 2.12. The number of nitrogens with zero attached hydrogens (tertiary/aromatic N) is 1. The molecule has 3 heteroatoms. The van der Waals surface area contributed by atoms with Crippen LogP contribution in [-0.4, -0.2) is 38.1 Å². The third kappa shape index (κ3) is 19.5. The van der Waals surface area contributed by atoms with Gasteiger partial charge in [-0.2, -0.15) is 0 Å². The zero-order chi connectivity index (χ0) is 17.9. The Morgan fingerprint density at radius 2 is 1.21 bits per heavy atom. The average Bonchev–Trinajstić information content (AvgIpc) is 2.55. The van der Waals surface area contributed by atoms with Crippen molar-refractivity contribution in [3.05, 3.63) is 0 Å². The number of carbonyl (C=O) groups is 1. The average molecular weight is 342 g/mol. The predicted octanol–water partition coefficient (Wildman–Crippen LogP) is 5.96. The van der Waals surface area contributed by atoms with E-state index in [0.717, 1.165) is 25.8 Å². The number of rotatable bonds is 18. The molecule has 24 heavy (non-hydrogen) atoms. The molecule has 0 unspecified atom stereocenters. The first kappa shape index (κ1) is 23.4. The lowest BCUT2D eigenvalue weighted by atomic mass is 10.0. The third-order valence-electron chi connectivity index (χ3n) is 4.50. The third-order valence-corrected chi connectivity index (χ3v) is 4.50. The molecule has 0 aliphatic heterocycles. The molecular formula is C21H43NO2. The van der Waals surface area contributed by atoms with Gasteiger partial charge in [0.1, 0.15) is 0 Å². The Hall–Kier alpha value is -0.570. The fourth-order valence-corrected chi connectivity index (χ4v) is 2.90. The number of hydrogen-bond donors (Lipinski definition) is 0. The number of unbranched alkanes of at least 4 members (excludes halogenated alkanes) is 12. The largest absolute Gasteiger partial charge is 0.466 e. The van der Waals surface area contributed by atoms with Crippen LogP contribution in [0.15, 0.2) is 0 Å². The zero-order valence-electron chi connectivity index (χ0n) is 16.8. The van der Waals surface area contributed by atoms with Crippen molar-refractivity contribution in [2.75, 3.05) is 27.2 Å². The monoisotopic (exact) mass is 341 g/mol. The number of hydrogen-bond acceptors (Lipinski definition) is 3. The van der Waals surface area contributed by atoms with E-state index in [0.29, 0.717) is 13.0 Å². The van der Waals surface area contributed by atoms with E-state index in [2.05, 4.69) is 25.9 Å². The van der Waals surface area contributed by atoms with Crippen LogP contribution in [0, 0.1) is 0 Å². The first-order valence-corrected chi connectivity index (χ1v) is 10.5. The maximum Gasteiger partial charge on any atom is 0.305 e. The Balaban J connectivity index is 3.14. The molecule has 0 fully saturated rings. The summed E-state index contributed by atoms with van der Waals surface area (Å²) in [5.74, 6) is -0.00747. The van der Waals surface area contributed by atoms with Crippen molar-refractivity contribution < 1.29 is 9.53 Å². The van der Waals surface area contributed by atoms with Crippen LogP contribution < -0.4 is 0 Å². The van der Waals surface area contributed by atoms with Gasteiger partial charge in [0.05, 0.1) is 6.61 Å². The first-order valence-electron chi connectivity index (χ1n) is 10.5. The second-order valence-corrected chi connectivity index (χ2v) is 7.37. The summed E-state index contributed by atoms with van der Waals surface area (Å²) in [5.41, 5.74) is 0. The molecular weight excluding hydrogens is 298 g/mol. The lowest BCUT2D eigenvalue weighted by Crippen LogP contribution is -2.14. The topological polar surface area (TPSA) is 29.5 Å². The van der Waals surface area contributed by atoms with E-state index in [1.54, 1.807) is 0 Å². The fourth-order valence-electron chi connectivity index (χ4n) is 2.90. The molecule has 0 atom stereocenters. The van der Waals surface area contributed by atoms with Gasteiger partial charge in [-0.25, -0.2) is 0 Å². The van der Waals surface area contributed by atoms with Gasteiger partial charge < -0.3 is 9.64 Å². The minimum atomic E-state index is -0.00747. The van der Waals surface area contributed by atoms with Crippen LogP contribution in [0.4, 0.5) is 0 Å². The second kappa shape index (κ2) is 18.8. The summed E-state index contributed by atoms with van der Waals surface area (Å²) in [5, 5.41) is 0. The van der Waals surface area contributed by atoms with Crippen LogP contribution in [0.3, 0.4) is 0 Å². The van der Waals surface area contributed by atoms with Crippen LogP contribution >= 0.6 is 0 Å². The van der Waals surface area contributed by atoms with Crippen molar-refractivity contribution in [2.45, 2.75) is 103 Å². The summed E-state index contributed by atoms with van der Waals surface area (Å²) in [7, 11) is 4.14. The van der Waals surface area contributed by atoms with Crippen LogP contribution in [0.1, 0.15) is 103 Å². The Bertz CT molecular complexity index is 267. The molecule has 0 saturated heterocycles. The Morgan fingerprint density at radius 1 is 0.708 bits per heavy atom. The zero-order valence-corrected chi connectivity index (χ0v) is 16.8. The molecule has 0 N–H and O–H groups in total. The van der Waals surface area contributed by atoms with Crippen LogP contribution in [0.25, 0.3) is 0 Å². The molecule has 0 aromatic heterocycles. The molecule has 0 saturated carbocycles. The molecule has 144 valence electrons. The fraction of sp³-hybridized carbons (Fsp3) is 0.952. The highest BCUT2D eigenvalue weighted by atomic mass is 16.5. The van der Waals surface area contributed by atoms with E-state index in [1.165, 1.54) is 70.6 Å². The molecule has 0 aromatic rings. The van der Waals surface area contributed by atoms with Crippen LogP contribution in [-0.2, 0) is 9.53 Å². The first-order chi connectivity index (χ1) is 11.7. The van der Waals surface area contributed by atoms with Gasteiger partial charge in [0, 0.05) is 6.42 Å². The summed E-state index contributed by atoms with van der Waals surface area (Å²) < 4.78 is 5.27. The second-order valence-electron chi connectivity index (χ2n) is 7.37. The van der Waals surface area contributed by atoms with Gasteiger partial charge in [-0.05, 0) is 39.9 Å². The maximum atomic E-state index is 11.6. The van der Waals surface area contributed by atoms with Crippen molar-refractivity contribution in [1.82, 2.24) is 4.90 Å². The highest BCUT2D eigenvalue weighted by molar-refractivity contribution is 5.69. The number of esters is 1. The van der Waals surface area contributed by atoms with Crippen molar-refractivity contribution >= 4 is 5.97 Å². The van der Waals surface area contributed by atoms with E-state index >= 15 is 0 Å². The quantitative estimate of drug-likeness (QED) is 0.227. The van der Waals surface area contributed by atoms with Crippen molar-refractivity contribution in [3.63, 3.8) is 0 Å². The van der Waals surface area contributed by atoms with E-state index in [9.17, 15) is 4.79 Å². The number of carbonyl (C=O) groups excluding carboxylic acids is 1. The summed E-state index contributed by atoms with van der Waals surface area (Å²) in [4.78, 5) is 13.8. The minimum absolute atomic E-state index is 0.00747. The van der Waals surface area contributed by atoms with E-state index in [-0.39, 0.29) is 5.97 Å². The van der Waals surface area contributed by atoms with Gasteiger partial charge in [0.15, 0.2) is 0 Å². The van der Waals surface area contributed by atoms with Gasteiger partial charge in [-0.15, -0.1) is 0 Å². The summed E-state index contributed by atoms with van der Waals surface area (Å²) in [6.45, 7) is 3.92. The number of ether oxygens (including phenoxy) is 1. The summed E-state index contributed by atoms with van der Waals surface area (Å²) in [6, 6.07) is 0. The van der Waals surface area contributed by atoms with Gasteiger partial charge in [-0.3, -0.25) is 4.79 Å². The Kier molecular flexibility index (Phi) is 18.3. The minimum Gasteiger partial charge on any atom is -0.466 e. The molecule has 0 spiro atoms. The molecule has 0 aliphatic rings. The van der Waals surface area contributed by atoms with Gasteiger partial charge >= 0.3 is 5.97 Å². The summed E-state index contributed by atoms with van der Waals surface area (Å²) in [6.07, 6.45) is 18.6. The van der Waals surface area contributed by atoms with Crippen molar-refractivity contribution in [3.8, 4) is 0 Å². The van der Waals surface area contributed by atoms with Gasteiger partial charge in [-0.1, -0.05) is 77.6 Å². The predicted molar refractivity (Wildman–Crippen MR) is 104 cm³/mol. The molecule has 0 aromatic carbocycles. The molecule has 3 nitrogen and oxygen atoms in total. The van der Waals surface area contributed by atoms with Crippen LogP contribution in [0.2, 0.25) is 0 Å². The molecule has 0 aliphatic carbocycles. The normalized spacial score (nSPS) is 11.2. The highest BCUT2D eigenvalue weighted by Gasteiger charge is 2.02. The van der Waals surface area contributed by atoms with Crippen LogP contribution in [0.5, 0.6) is 0 Å². The lowest BCUT2D eigenvalue weighted by molar-refractivity contribution is -0.143. The van der Waals surface area contributed by atoms with E-state index in [4.69, 9.17) is 4.74 Å². The van der Waals surface area contributed by atoms with Crippen molar-refractivity contribution in [2.24, 2.45) is 0 Å². The van der Waals surface area contributed by atoms with E-state index < -0.39 is 0 Å². The van der Waals surface area contributed by atoms with Crippen molar-refractivity contribution in [1.29, 1.82) is 0 Å². The molecule has 0 amide bonds. The standard InChI is InChI=1S/C21H43NO2/c1-4-5-6-7-8-9-10-11-12-13-14-15-18-21(23)24-20-17-16-19-22(2)3/h4-20H2,1-3H3. The van der Waals surface area contributed by atoms with Gasteiger partial charge in [0.2, 0.25) is 0 Å². The molecule has 0 rings (SSSR count). The maximum absolute atomic E-state index is 11.6. The summed E-state index contributed by atoms with van der Waals surface area (Å²) >= 11 is 0. The van der Waals surface area contributed by atoms with Gasteiger partial charge in [0.25, 0.3) is 0 Å². The SMILES string of the molecule is CCCCCCCCCCCCCCC(=O)OCCCCN(C)C. The smallest absolute Gasteiger partial charge is 0.305 e. The Morgan fingerprint density at radius 3 is 1.71 bits per heavy atom. The Labute approximate surface area is 151 Å². The van der Waals surface area contributed by atoms with E-state index in [1.807, 2.05) is 0 Å². The lowest BCUT2D eigenvalue weighted by Gasteiger charge is -2.09.